The van der Waals surface area contributed by atoms with Gasteiger partial charge in [-0.25, -0.2) is 9.59 Å². The number of hydrogen-bond donors (Lipinski definition) is 3. The molecule has 0 heterocycles. The first-order valence-electron chi connectivity index (χ1n) is 11.0. The Kier molecular flexibility index (Phi) is 9.93. The molecule has 3 N–H and O–H groups in total. The Bertz CT molecular complexity index is 1190. The van der Waals surface area contributed by atoms with E-state index in [4.69, 9.17) is 21.1 Å². The smallest absolute Gasteiger partial charge is 0.437 e. The minimum Gasteiger partial charge on any atom is -0.437 e. The summed E-state index contributed by atoms with van der Waals surface area (Å²) in [6.07, 6.45) is -2.47. The number of hydrogen-bond acceptors (Lipinski definition) is 9. The molecule has 0 aromatic heterocycles. The maximum atomic E-state index is 11.8. The minimum atomic E-state index is -0.910. The van der Waals surface area contributed by atoms with Crippen molar-refractivity contribution in [3.8, 4) is 22.6 Å². The molecule has 0 radical (unpaired) electrons. The summed E-state index contributed by atoms with van der Waals surface area (Å²) in [6.45, 7) is 1.59. The lowest BCUT2D eigenvalue weighted by molar-refractivity contribution is 0.120. The van der Waals surface area contributed by atoms with Crippen molar-refractivity contribution < 1.29 is 33.6 Å². The lowest BCUT2D eigenvalue weighted by atomic mass is 10.0. The summed E-state index contributed by atoms with van der Waals surface area (Å²) >= 11 is 5.98. The maximum Gasteiger partial charge on any atom is 0.513 e. The fourth-order valence-corrected chi connectivity index (χ4v) is 3.52. The number of nitrogens with one attached hydrogen (secondary N) is 2. The lowest BCUT2D eigenvalue weighted by Gasteiger charge is -2.14. The molecule has 1 atom stereocenters. The summed E-state index contributed by atoms with van der Waals surface area (Å²) in [5.74, 6) is 0.293. The third kappa shape index (κ3) is 7.88. The van der Waals surface area contributed by atoms with Crippen molar-refractivity contribution in [1.29, 1.82) is 0 Å². The highest BCUT2D eigenvalue weighted by atomic mass is 35.5. The highest BCUT2D eigenvalue weighted by Gasteiger charge is 2.15. The zero-order valence-corrected chi connectivity index (χ0v) is 20.6. The second-order valence-electron chi connectivity index (χ2n) is 7.55. The van der Waals surface area contributed by atoms with Crippen LogP contribution in [0.15, 0.2) is 66.7 Å². The monoisotopic (exact) mass is 514 g/mol. The average molecular weight is 515 g/mol. The molecule has 190 valence electrons. The first kappa shape index (κ1) is 26.8. The summed E-state index contributed by atoms with van der Waals surface area (Å²) in [7, 11) is 2.39. The molecule has 0 aliphatic rings. The number of ether oxygens (including phenoxy) is 4. The number of rotatable bonds is 10. The van der Waals surface area contributed by atoms with Crippen LogP contribution in [0.25, 0.3) is 11.1 Å². The number of aliphatic hydroxyl groups excluding tert-OH is 1. The van der Waals surface area contributed by atoms with Crippen molar-refractivity contribution >= 4 is 29.6 Å². The van der Waals surface area contributed by atoms with Gasteiger partial charge < -0.3 is 34.7 Å². The first-order chi connectivity index (χ1) is 17.4. The molecule has 0 aliphatic heterocycles. The van der Waals surface area contributed by atoms with Crippen molar-refractivity contribution in [2.24, 2.45) is 0 Å². The van der Waals surface area contributed by atoms with E-state index < -0.39 is 18.4 Å². The summed E-state index contributed by atoms with van der Waals surface area (Å²) in [6, 6.07) is 19.3. The van der Waals surface area contributed by atoms with Gasteiger partial charge in [-0.1, -0.05) is 35.9 Å². The summed E-state index contributed by atoms with van der Waals surface area (Å²) in [5.41, 5.74) is 2.93. The van der Waals surface area contributed by atoms with E-state index in [2.05, 4.69) is 20.1 Å². The van der Waals surface area contributed by atoms with Crippen LogP contribution in [-0.2, 0) is 9.47 Å². The van der Waals surface area contributed by atoms with E-state index in [0.717, 1.165) is 16.8 Å². The Hall–Kier alpha value is -3.79. The molecule has 10 heteroatoms. The normalized spacial score (nSPS) is 11.3. The molecule has 3 aromatic rings. The number of anilines is 1. The number of methoxy groups -OCH3 is 2. The zero-order valence-electron chi connectivity index (χ0n) is 19.8. The Morgan fingerprint density at radius 1 is 0.917 bits per heavy atom. The third-order valence-electron chi connectivity index (χ3n) is 5.06. The van der Waals surface area contributed by atoms with E-state index in [-0.39, 0.29) is 11.5 Å². The fraction of sp³-hybridized carbons (Fsp3) is 0.231. The van der Waals surface area contributed by atoms with Crippen LogP contribution >= 0.6 is 11.6 Å². The molecule has 3 aromatic carbocycles. The van der Waals surface area contributed by atoms with Crippen molar-refractivity contribution in [2.75, 3.05) is 39.2 Å². The Balaban J connectivity index is 1.62. The number of halogens is 1. The second-order valence-corrected chi connectivity index (χ2v) is 7.99. The van der Waals surface area contributed by atoms with Gasteiger partial charge in [0.2, 0.25) is 0 Å². The molecule has 36 heavy (non-hydrogen) atoms. The maximum absolute atomic E-state index is 11.8. The Morgan fingerprint density at radius 2 is 1.67 bits per heavy atom. The number of carbonyl (C=O) groups excluding carboxylic acids is 2. The SMILES string of the molecule is COC(=O)Oc1ccc(-c2cccc(NCCNC[C@H](O)c3cccc(Cl)c3)c2)c(OC(=O)OC)c1. The molecule has 3 rings (SSSR count). The van der Waals surface area contributed by atoms with Crippen LogP contribution < -0.4 is 20.1 Å². The Morgan fingerprint density at radius 3 is 2.42 bits per heavy atom. The van der Waals surface area contributed by atoms with Crippen molar-refractivity contribution in [3.63, 3.8) is 0 Å². The van der Waals surface area contributed by atoms with Gasteiger partial charge in [-0.3, -0.25) is 0 Å². The molecule has 9 nitrogen and oxygen atoms in total. The average Bonchev–Trinajstić information content (AvgIpc) is 2.88. The topological polar surface area (TPSA) is 115 Å². The molecule has 0 aliphatic carbocycles. The van der Waals surface area contributed by atoms with Gasteiger partial charge in [0.15, 0.2) is 0 Å². The number of carbonyl (C=O) groups is 2. The predicted octanol–water partition coefficient (Wildman–Crippen LogP) is 5.03. The highest BCUT2D eigenvalue weighted by molar-refractivity contribution is 6.30. The van der Waals surface area contributed by atoms with Gasteiger partial charge in [0.25, 0.3) is 0 Å². The Labute approximate surface area is 213 Å². The van der Waals surface area contributed by atoms with E-state index >= 15 is 0 Å². The van der Waals surface area contributed by atoms with E-state index in [1.165, 1.54) is 20.3 Å². The second kappa shape index (κ2) is 13.3. The minimum absolute atomic E-state index is 0.143. The molecule has 0 bridgehead atoms. The van der Waals surface area contributed by atoms with E-state index in [9.17, 15) is 14.7 Å². The molecule has 0 fully saturated rings. The molecule has 0 amide bonds. The van der Waals surface area contributed by atoms with Gasteiger partial charge in [0.05, 0.1) is 20.3 Å². The summed E-state index contributed by atoms with van der Waals surface area (Å²) in [5, 5.41) is 17.4. The van der Waals surface area contributed by atoms with Crippen LogP contribution in [-0.4, -0.2) is 51.3 Å². The quantitative estimate of drug-likeness (QED) is 0.194. The highest BCUT2D eigenvalue weighted by Crippen LogP contribution is 2.35. The van der Waals surface area contributed by atoms with E-state index in [1.54, 1.807) is 30.3 Å². The standard InChI is InChI=1S/C26H27ClN2O7/c1-33-25(31)35-21-9-10-22(24(15-21)36-26(32)34-2)17-5-4-8-20(14-17)29-12-11-28-16-23(30)18-6-3-7-19(27)13-18/h3-10,13-15,23,28-30H,11-12,16H2,1-2H3/t23-/m0/s1. The number of aliphatic hydroxyl groups is 1. The van der Waals surface area contributed by atoms with Gasteiger partial charge in [0.1, 0.15) is 11.5 Å². The van der Waals surface area contributed by atoms with Crippen LogP contribution in [0.3, 0.4) is 0 Å². The zero-order chi connectivity index (χ0) is 25.9. The summed E-state index contributed by atoms with van der Waals surface area (Å²) in [4.78, 5) is 23.2. The molecular weight excluding hydrogens is 488 g/mol. The van der Waals surface area contributed by atoms with Gasteiger partial charge in [-0.15, -0.1) is 0 Å². The molecular formula is C26H27ClN2O7. The molecule has 0 saturated carbocycles. The van der Waals surface area contributed by atoms with Crippen LogP contribution in [0.1, 0.15) is 11.7 Å². The third-order valence-corrected chi connectivity index (χ3v) is 5.29. The molecule has 0 saturated heterocycles. The van der Waals surface area contributed by atoms with Crippen molar-refractivity contribution in [1.82, 2.24) is 5.32 Å². The summed E-state index contributed by atoms with van der Waals surface area (Å²) < 4.78 is 19.4. The van der Waals surface area contributed by atoms with E-state index in [1.807, 2.05) is 30.3 Å². The van der Waals surface area contributed by atoms with Gasteiger partial charge in [-0.05, 0) is 47.5 Å². The van der Waals surface area contributed by atoms with Crippen molar-refractivity contribution in [2.45, 2.75) is 6.10 Å². The fourth-order valence-electron chi connectivity index (χ4n) is 3.32. The number of benzene rings is 3. The molecule has 0 unspecified atom stereocenters. The van der Waals surface area contributed by atoms with Gasteiger partial charge >= 0.3 is 12.3 Å². The first-order valence-corrected chi connectivity index (χ1v) is 11.4. The lowest BCUT2D eigenvalue weighted by Crippen LogP contribution is -2.26. The van der Waals surface area contributed by atoms with Crippen LogP contribution in [0.2, 0.25) is 5.02 Å². The van der Waals surface area contributed by atoms with Crippen LogP contribution in [0, 0.1) is 0 Å². The van der Waals surface area contributed by atoms with E-state index in [0.29, 0.717) is 30.2 Å². The largest absolute Gasteiger partial charge is 0.513 e. The predicted molar refractivity (Wildman–Crippen MR) is 136 cm³/mol. The van der Waals surface area contributed by atoms with Crippen molar-refractivity contribution in [3.05, 3.63) is 77.3 Å². The van der Waals surface area contributed by atoms with Crippen LogP contribution in [0.5, 0.6) is 11.5 Å². The van der Waals surface area contributed by atoms with Gasteiger partial charge in [0, 0.05) is 42.0 Å². The molecule has 0 spiro atoms. The van der Waals surface area contributed by atoms with Gasteiger partial charge in [-0.2, -0.15) is 0 Å². The van der Waals surface area contributed by atoms with Crippen LogP contribution in [0.4, 0.5) is 15.3 Å².